The summed E-state index contributed by atoms with van der Waals surface area (Å²) in [5.41, 5.74) is 6.50. The van der Waals surface area contributed by atoms with Crippen LogP contribution in [0.25, 0.3) is 16.7 Å². The van der Waals surface area contributed by atoms with Crippen LogP contribution in [0.15, 0.2) is 54.6 Å². The van der Waals surface area contributed by atoms with Crippen molar-refractivity contribution >= 4 is 22.7 Å². The summed E-state index contributed by atoms with van der Waals surface area (Å²) in [6.45, 7) is 5.28. The molecule has 2 N–H and O–H groups in total. The molecule has 1 aliphatic heterocycles. The number of fused-ring (bicyclic) bond motifs is 2. The highest BCUT2D eigenvalue weighted by molar-refractivity contribution is 5.81. The van der Waals surface area contributed by atoms with Crippen LogP contribution in [-0.4, -0.2) is 41.0 Å². The van der Waals surface area contributed by atoms with Crippen molar-refractivity contribution in [2.75, 3.05) is 25.6 Å². The fourth-order valence-electron chi connectivity index (χ4n) is 4.44. The van der Waals surface area contributed by atoms with Gasteiger partial charge in [-0.3, -0.25) is 9.36 Å². The molecule has 0 fully saturated rings. The number of rotatable bonds is 8. The van der Waals surface area contributed by atoms with Crippen LogP contribution in [-0.2, 0) is 11.3 Å². The second-order valence-electron chi connectivity index (χ2n) is 8.39. The van der Waals surface area contributed by atoms with Crippen LogP contribution < -0.4 is 19.5 Å². The van der Waals surface area contributed by atoms with Crippen molar-refractivity contribution in [2.45, 2.75) is 26.3 Å². The van der Waals surface area contributed by atoms with Crippen molar-refractivity contribution < 1.29 is 24.1 Å². The van der Waals surface area contributed by atoms with E-state index in [9.17, 15) is 9.90 Å². The highest BCUT2D eigenvalue weighted by Crippen LogP contribution is 2.36. The molecule has 1 atom stereocenters. The molecule has 0 amide bonds. The monoisotopic (exact) mass is 473 g/mol. The molecular weight excluding hydrogens is 446 g/mol. The summed E-state index contributed by atoms with van der Waals surface area (Å²) < 4.78 is 18.9. The zero-order valence-electron chi connectivity index (χ0n) is 19.9. The summed E-state index contributed by atoms with van der Waals surface area (Å²) in [5, 5.41) is 12.8. The number of carboxylic acids is 1. The number of aromatic nitrogens is 2. The van der Waals surface area contributed by atoms with E-state index in [4.69, 9.17) is 14.2 Å². The van der Waals surface area contributed by atoms with Gasteiger partial charge in [-0.15, -0.1) is 0 Å². The summed E-state index contributed by atoms with van der Waals surface area (Å²) in [6.07, 6.45) is 0. The maximum Gasteiger partial charge on any atom is 0.314 e. The standard InChI is InChI=1S/C27H27N3O5/c1-4-34-27-29-22-11-9-19(33-3)13-24(22)30(27)23-7-5-6-17(16(23)2)14-28-18-8-10-20-21(26(31)32)15-35-25(20)12-18/h5-13,21,28H,4,14-15H2,1-3H3,(H,31,32). The molecule has 0 saturated heterocycles. The number of anilines is 1. The topological polar surface area (TPSA) is 94.8 Å². The Morgan fingerprint density at radius 3 is 2.86 bits per heavy atom. The number of carbonyl (C=O) groups is 1. The van der Waals surface area contributed by atoms with Gasteiger partial charge in [-0.25, -0.2) is 0 Å². The third-order valence-corrected chi connectivity index (χ3v) is 6.34. The van der Waals surface area contributed by atoms with Crippen molar-refractivity contribution in [3.63, 3.8) is 0 Å². The average Bonchev–Trinajstić information content (AvgIpc) is 3.44. The molecule has 4 aromatic rings. The van der Waals surface area contributed by atoms with Gasteiger partial charge in [0, 0.05) is 29.9 Å². The molecule has 1 aliphatic rings. The normalized spacial score (nSPS) is 14.4. The number of hydrogen-bond donors (Lipinski definition) is 2. The summed E-state index contributed by atoms with van der Waals surface area (Å²) in [7, 11) is 1.65. The van der Waals surface area contributed by atoms with Crippen molar-refractivity contribution in [3.8, 4) is 23.2 Å². The molecule has 180 valence electrons. The number of aliphatic carboxylic acids is 1. The minimum Gasteiger partial charge on any atom is -0.497 e. The number of hydrogen-bond acceptors (Lipinski definition) is 6. The lowest BCUT2D eigenvalue weighted by Gasteiger charge is -2.16. The molecule has 3 aromatic carbocycles. The molecule has 0 bridgehead atoms. The van der Waals surface area contributed by atoms with E-state index in [2.05, 4.69) is 29.4 Å². The summed E-state index contributed by atoms with van der Waals surface area (Å²) in [4.78, 5) is 16.1. The second-order valence-corrected chi connectivity index (χ2v) is 8.39. The van der Waals surface area contributed by atoms with Gasteiger partial charge in [0.25, 0.3) is 0 Å². The van der Waals surface area contributed by atoms with E-state index in [0.29, 0.717) is 30.5 Å². The quantitative estimate of drug-likeness (QED) is 0.375. The van der Waals surface area contributed by atoms with Crippen molar-refractivity contribution in [3.05, 3.63) is 71.3 Å². The van der Waals surface area contributed by atoms with Crippen LogP contribution in [0.2, 0.25) is 0 Å². The molecule has 0 radical (unpaired) electrons. The van der Waals surface area contributed by atoms with Crippen LogP contribution in [0.3, 0.4) is 0 Å². The first-order chi connectivity index (χ1) is 17.0. The van der Waals surface area contributed by atoms with Crippen molar-refractivity contribution in [1.82, 2.24) is 9.55 Å². The minimum atomic E-state index is -0.868. The van der Waals surface area contributed by atoms with Gasteiger partial charge in [-0.2, -0.15) is 4.98 Å². The van der Waals surface area contributed by atoms with Gasteiger partial charge in [0.15, 0.2) is 0 Å². The summed E-state index contributed by atoms with van der Waals surface area (Å²) >= 11 is 0. The van der Waals surface area contributed by atoms with E-state index in [-0.39, 0.29) is 6.61 Å². The molecule has 8 heteroatoms. The predicted octanol–water partition coefficient (Wildman–Crippen LogP) is 4.91. The minimum absolute atomic E-state index is 0.168. The number of imidazole rings is 1. The third-order valence-electron chi connectivity index (χ3n) is 6.34. The van der Waals surface area contributed by atoms with Crippen LogP contribution in [0.4, 0.5) is 5.69 Å². The smallest absolute Gasteiger partial charge is 0.314 e. The van der Waals surface area contributed by atoms with Crippen molar-refractivity contribution in [1.29, 1.82) is 0 Å². The Hall–Kier alpha value is -4.20. The molecule has 1 unspecified atom stereocenters. The van der Waals surface area contributed by atoms with E-state index < -0.39 is 11.9 Å². The first-order valence-corrected chi connectivity index (χ1v) is 11.5. The Morgan fingerprint density at radius 2 is 2.09 bits per heavy atom. The SMILES string of the molecule is CCOc1nc2ccc(OC)cc2n1-c1cccc(CNc2ccc3c(c2)OCC3C(=O)O)c1C. The van der Waals surface area contributed by atoms with E-state index in [1.807, 2.05) is 54.0 Å². The van der Waals surface area contributed by atoms with Crippen LogP contribution >= 0.6 is 0 Å². The lowest BCUT2D eigenvalue weighted by Crippen LogP contribution is -2.12. The second kappa shape index (κ2) is 9.21. The number of benzene rings is 3. The van der Waals surface area contributed by atoms with Gasteiger partial charge < -0.3 is 24.6 Å². The number of ether oxygens (including phenoxy) is 3. The predicted molar refractivity (Wildman–Crippen MR) is 133 cm³/mol. The molecule has 8 nitrogen and oxygen atoms in total. The Labute approximate surface area is 203 Å². The first kappa shape index (κ1) is 22.6. The van der Waals surface area contributed by atoms with Gasteiger partial charge in [-0.1, -0.05) is 18.2 Å². The number of carboxylic acid groups (broad SMARTS) is 1. The highest BCUT2D eigenvalue weighted by atomic mass is 16.5. The van der Waals surface area contributed by atoms with Gasteiger partial charge in [0.2, 0.25) is 0 Å². The zero-order valence-corrected chi connectivity index (χ0v) is 19.9. The van der Waals surface area contributed by atoms with E-state index >= 15 is 0 Å². The Morgan fingerprint density at radius 1 is 1.23 bits per heavy atom. The van der Waals surface area contributed by atoms with Crippen molar-refractivity contribution in [2.24, 2.45) is 0 Å². The van der Waals surface area contributed by atoms with E-state index in [1.165, 1.54) is 0 Å². The van der Waals surface area contributed by atoms with Gasteiger partial charge >= 0.3 is 12.0 Å². The third kappa shape index (κ3) is 4.12. The average molecular weight is 474 g/mol. The highest BCUT2D eigenvalue weighted by Gasteiger charge is 2.30. The van der Waals surface area contributed by atoms with E-state index in [0.717, 1.165) is 39.3 Å². The summed E-state index contributed by atoms with van der Waals surface area (Å²) in [5.74, 6) is -0.108. The molecular formula is C27H27N3O5. The molecule has 1 aromatic heterocycles. The molecule has 5 rings (SSSR count). The number of nitrogens with one attached hydrogen (secondary N) is 1. The summed E-state index contributed by atoms with van der Waals surface area (Å²) in [6, 6.07) is 18.0. The Bertz CT molecular complexity index is 1410. The molecule has 0 spiro atoms. The largest absolute Gasteiger partial charge is 0.497 e. The zero-order chi connectivity index (χ0) is 24.5. The lowest BCUT2D eigenvalue weighted by atomic mass is 10.0. The maximum absolute atomic E-state index is 11.4. The fourth-order valence-corrected chi connectivity index (χ4v) is 4.44. The van der Waals surface area contributed by atoms with E-state index in [1.54, 1.807) is 7.11 Å². The fraction of sp³-hybridized carbons (Fsp3) is 0.259. The lowest BCUT2D eigenvalue weighted by molar-refractivity contribution is -0.138. The first-order valence-electron chi connectivity index (χ1n) is 11.5. The van der Waals surface area contributed by atoms with Crippen LogP contribution in [0.5, 0.6) is 17.5 Å². The Kier molecular flexibility index (Phi) is 5.94. The molecule has 35 heavy (non-hydrogen) atoms. The molecule has 0 saturated carbocycles. The Balaban J connectivity index is 1.46. The van der Waals surface area contributed by atoms with Crippen LogP contribution in [0, 0.1) is 6.92 Å². The van der Waals surface area contributed by atoms with Gasteiger partial charge in [-0.05, 0) is 49.2 Å². The number of nitrogens with zero attached hydrogens (tertiary/aromatic N) is 2. The van der Waals surface area contributed by atoms with Gasteiger partial charge in [0.05, 0.1) is 30.4 Å². The number of methoxy groups -OCH3 is 1. The maximum atomic E-state index is 11.4. The van der Waals surface area contributed by atoms with Gasteiger partial charge in [0.1, 0.15) is 24.0 Å². The molecule has 2 heterocycles. The van der Waals surface area contributed by atoms with Crippen LogP contribution in [0.1, 0.15) is 29.5 Å². The molecule has 0 aliphatic carbocycles.